The number of fused-ring (bicyclic) bond motifs is 1. The molecule has 0 bridgehead atoms. The minimum absolute atomic E-state index is 0.0709. The molecule has 4 aromatic rings. The minimum atomic E-state index is -2.94. The van der Waals surface area contributed by atoms with E-state index < -0.39 is 12.5 Å². The lowest BCUT2D eigenvalue weighted by Crippen LogP contribution is -2.12. The molecule has 6 nitrogen and oxygen atoms in total. The first-order chi connectivity index (χ1) is 13.6. The number of carbonyl (C=O) groups is 1. The van der Waals surface area contributed by atoms with Crippen molar-refractivity contribution < 1.29 is 18.3 Å². The Hall–Kier alpha value is -3.81. The molecule has 0 aliphatic rings. The summed E-state index contributed by atoms with van der Waals surface area (Å²) < 4.78 is 30.8. The van der Waals surface area contributed by atoms with Gasteiger partial charge in [-0.3, -0.25) is 9.20 Å². The number of anilines is 1. The van der Waals surface area contributed by atoms with E-state index in [1.165, 1.54) is 24.3 Å². The summed E-state index contributed by atoms with van der Waals surface area (Å²) in [6.45, 7) is -2.94. The molecule has 1 N–H and O–H groups in total. The first-order valence-corrected chi connectivity index (χ1v) is 8.35. The molecule has 2 aromatic carbocycles. The van der Waals surface area contributed by atoms with Gasteiger partial charge in [-0.1, -0.05) is 18.2 Å². The number of nitrogens with one attached hydrogen (secondary N) is 1. The van der Waals surface area contributed by atoms with Crippen LogP contribution in [-0.4, -0.2) is 26.9 Å². The average molecular weight is 380 g/mol. The van der Waals surface area contributed by atoms with Gasteiger partial charge < -0.3 is 10.1 Å². The number of hydrogen-bond donors (Lipinski definition) is 1. The van der Waals surface area contributed by atoms with E-state index in [0.29, 0.717) is 11.5 Å². The van der Waals surface area contributed by atoms with Crippen LogP contribution in [0.3, 0.4) is 0 Å². The first kappa shape index (κ1) is 17.6. The van der Waals surface area contributed by atoms with E-state index in [1.807, 2.05) is 35.0 Å². The third kappa shape index (κ3) is 3.80. The van der Waals surface area contributed by atoms with Gasteiger partial charge in [-0.05, 0) is 36.4 Å². The number of ether oxygens (including phenoxy) is 1. The van der Waals surface area contributed by atoms with Gasteiger partial charge in [0.05, 0.1) is 5.69 Å². The van der Waals surface area contributed by atoms with Crippen molar-refractivity contribution in [1.82, 2.24) is 14.4 Å². The summed E-state index contributed by atoms with van der Waals surface area (Å²) in [7, 11) is 0. The lowest BCUT2D eigenvalue weighted by molar-refractivity contribution is -0.0498. The molecule has 0 fully saturated rings. The van der Waals surface area contributed by atoms with Crippen LogP contribution in [0.5, 0.6) is 5.75 Å². The smallest absolute Gasteiger partial charge is 0.387 e. The topological polar surface area (TPSA) is 68.5 Å². The summed E-state index contributed by atoms with van der Waals surface area (Å²) in [5.74, 6) is 0.101. The Kier molecular flexibility index (Phi) is 4.67. The molecular formula is C20H14F2N4O2. The number of aromatic nitrogens is 3. The fraction of sp³-hybridized carbons (Fsp3) is 0.0500. The number of benzene rings is 2. The highest BCUT2D eigenvalue weighted by molar-refractivity contribution is 6.04. The molecule has 0 saturated heterocycles. The number of alkyl halides is 2. The normalized spacial score (nSPS) is 11.0. The van der Waals surface area contributed by atoms with Gasteiger partial charge in [0.25, 0.3) is 5.91 Å². The third-order valence-electron chi connectivity index (χ3n) is 4.00. The number of hydrogen-bond acceptors (Lipinski definition) is 4. The maximum absolute atomic E-state index is 12.3. The van der Waals surface area contributed by atoms with Gasteiger partial charge in [-0.15, -0.1) is 0 Å². The van der Waals surface area contributed by atoms with Crippen LogP contribution in [0.15, 0.2) is 73.2 Å². The Bertz CT molecular complexity index is 1090. The van der Waals surface area contributed by atoms with Crippen LogP contribution >= 0.6 is 0 Å². The largest absolute Gasteiger partial charge is 0.435 e. The predicted octanol–water partition coefficient (Wildman–Crippen LogP) is 4.25. The van der Waals surface area contributed by atoms with Gasteiger partial charge in [0, 0.05) is 35.4 Å². The lowest BCUT2D eigenvalue weighted by Gasteiger charge is -2.08. The zero-order chi connectivity index (χ0) is 19.5. The summed E-state index contributed by atoms with van der Waals surface area (Å²) in [4.78, 5) is 21.0. The fourth-order valence-electron chi connectivity index (χ4n) is 2.71. The van der Waals surface area contributed by atoms with Gasteiger partial charge in [0.15, 0.2) is 0 Å². The molecule has 28 heavy (non-hydrogen) atoms. The first-order valence-electron chi connectivity index (χ1n) is 8.35. The number of rotatable bonds is 5. The van der Waals surface area contributed by atoms with E-state index in [4.69, 9.17) is 0 Å². The van der Waals surface area contributed by atoms with E-state index >= 15 is 0 Å². The van der Waals surface area contributed by atoms with Crippen molar-refractivity contribution in [2.24, 2.45) is 0 Å². The van der Waals surface area contributed by atoms with Crippen molar-refractivity contribution in [3.63, 3.8) is 0 Å². The molecular weight excluding hydrogens is 366 g/mol. The summed E-state index contributed by atoms with van der Waals surface area (Å²) in [5.41, 5.74) is 2.41. The Morgan fingerprint density at radius 1 is 1.11 bits per heavy atom. The number of halogens is 2. The van der Waals surface area contributed by atoms with Crippen molar-refractivity contribution in [2.75, 3.05) is 5.32 Å². The second-order valence-corrected chi connectivity index (χ2v) is 5.89. The fourth-order valence-corrected chi connectivity index (χ4v) is 2.71. The van der Waals surface area contributed by atoms with Gasteiger partial charge in [0.2, 0.25) is 5.78 Å². The zero-order valence-corrected chi connectivity index (χ0v) is 14.4. The monoisotopic (exact) mass is 380 g/mol. The molecule has 4 rings (SSSR count). The lowest BCUT2D eigenvalue weighted by atomic mass is 10.1. The number of amides is 1. The van der Waals surface area contributed by atoms with Gasteiger partial charge in [-0.2, -0.15) is 8.78 Å². The molecule has 0 atom stereocenters. The van der Waals surface area contributed by atoms with Crippen molar-refractivity contribution in [2.45, 2.75) is 6.61 Å². The maximum atomic E-state index is 12.3. The van der Waals surface area contributed by atoms with E-state index in [-0.39, 0.29) is 11.3 Å². The summed E-state index contributed by atoms with van der Waals surface area (Å²) in [6, 6.07) is 14.6. The van der Waals surface area contributed by atoms with Crippen molar-refractivity contribution in [3.05, 3.63) is 78.8 Å². The summed E-state index contributed by atoms with van der Waals surface area (Å²) >= 11 is 0. The SMILES string of the molecule is O=C(Nc1ccc(-c2cn3cccnc3n2)cc1)c1cccc(OC(F)F)c1. The maximum Gasteiger partial charge on any atom is 0.387 e. The van der Waals surface area contributed by atoms with Crippen LogP contribution in [0.4, 0.5) is 14.5 Å². The second kappa shape index (κ2) is 7.43. The number of nitrogens with zero attached hydrogens (tertiary/aromatic N) is 3. The quantitative estimate of drug-likeness (QED) is 0.562. The summed E-state index contributed by atoms with van der Waals surface area (Å²) in [6.07, 6.45) is 5.40. The third-order valence-corrected chi connectivity index (χ3v) is 4.00. The van der Waals surface area contributed by atoms with Crippen molar-refractivity contribution in [3.8, 4) is 17.0 Å². The Morgan fingerprint density at radius 2 is 1.93 bits per heavy atom. The standard InChI is InChI=1S/C20H14F2N4O2/c21-19(22)28-16-4-1-3-14(11-16)18(27)24-15-7-5-13(6-8-15)17-12-26-10-2-9-23-20(26)25-17/h1-12,19H,(H,24,27). The molecule has 0 saturated carbocycles. The molecule has 1 amide bonds. The van der Waals surface area contributed by atoms with E-state index in [1.54, 1.807) is 18.3 Å². The molecule has 2 heterocycles. The molecule has 0 aliphatic heterocycles. The van der Waals surface area contributed by atoms with Crippen LogP contribution in [0.1, 0.15) is 10.4 Å². The number of carbonyl (C=O) groups excluding carboxylic acids is 1. The molecule has 2 aromatic heterocycles. The van der Waals surface area contributed by atoms with Crippen molar-refractivity contribution in [1.29, 1.82) is 0 Å². The highest BCUT2D eigenvalue weighted by atomic mass is 19.3. The van der Waals surface area contributed by atoms with E-state index in [2.05, 4.69) is 20.0 Å². The minimum Gasteiger partial charge on any atom is -0.435 e. The molecule has 0 unspecified atom stereocenters. The Morgan fingerprint density at radius 3 is 2.68 bits per heavy atom. The Labute approximate surface area is 158 Å². The van der Waals surface area contributed by atoms with Gasteiger partial charge in [-0.25, -0.2) is 9.97 Å². The predicted molar refractivity (Wildman–Crippen MR) is 99.5 cm³/mol. The van der Waals surface area contributed by atoms with Crippen LogP contribution in [0.2, 0.25) is 0 Å². The van der Waals surface area contributed by atoms with Crippen LogP contribution in [-0.2, 0) is 0 Å². The van der Waals surface area contributed by atoms with Crippen LogP contribution in [0, 0.1) is 0 Å². The number of imidazole rings is 1. The van der Waals surface area contributed by atoms with Crippen molar-refractivity contribution >= 4 is 17.4 Å². The van der Waals surface area contributed by atoms with E-state index in [9.17, 15) is 13.6 Å². The van der Waals surface area contributed by atoms with Gasteiger partial charge in [0.1, 0.15) is 5.75 Å². The zero-order valence-electron chi connectivity index (χ0n) is 14.4. The molecule has 0 radical (unpaired) electrons. The molecule has 0 spiro atoms. The van der Waals surface area contributed by atoms with Gasteiger partial charge >= 0.3 is 6.61 Å². The molecule has 140 valence electrons. The van der Waals surface area contributed by atoms with Crippen LogP contribution < -0.4 is 10.1 Å². The highest BCUT2D eigenvalue weighted by Gasteiger charge is 2.10. The Balaban J connectivity index is 1.49. The second-order valence-electron chi connectivity index (χ2n) is 5.89. The molecule has 0 aliphatic carbocycles. The summed E-state index contributed by atoms with van der Waals surface area (Å²) in [5, 5.41) is 2.72. The molecule has 8 heteroatoms. The average Bonchev–Trinajstić information content (AvgIpc) is 3.12. The van der Waals surface area contributed by atoms with E-state index in [0.717, 1.165) is 11.3 Å². The highest BCUT2D eigenvalue weighted by Crippen LogP contribution is 2.22. The van der Waals surface area contributed by atoms with Crippen LogP contribution in [0.25, 0.3) is 17.0 Å².